The maximum absolute atomic E-state index is 13.3. The number of hydrogen-bond acceptors (Lipinski definition) is 2. The fraction of sp³-hybridized carbons (Fsp3) is 0.286. The summed E-state index contributed by atoms with van der Waals surface area (Å²) >= 11 is 0. The second-order valence-corrected chi connectivity index (χ2v) is 4.30. The minimum atomic E-state index is -0.329. The SMILES string of the molecule is CCNC(=O)c1c(C)nn(-c2cccc(F)c2)c1C. The van der Waals surface area contributed by atoms with Crippen LogP contribution in [-0.4, -0.2) is 22.2 Å². The number of benzene rings is 1. The van der Waals surface area contributed by atoms with Crippen molar-refractivity contribution in [2.24, 2.45) is 0 Å². The number of aromatic nitrogens is 2. The van der Waals surface area contributed by atoms with Gasteiger partial charge in [0.2, 0.25) is 0 Å². The molecule has 1 aromatic heterocycles. The van der Waals surface area contributed by atoms with E-state index in [0.717, 1.165) is 0 Å². The molecule has 2 aromatic rings. The highest BCUT2D eigenvalue weighted by molar-refractivity contribution is 5.96. The minimum Gasteiger partial charge on any atom is -0.352 e. The highest BCUT2D eigenvalue weighted by atomic mass is 19.1. The van der Waals surface area contributed by atoms with Gasteiger partial charge in [-0.05, 0) is 39.0 Å². The number of amides is 1. The molecule has 0 aliphatic rings. The van der Waals surface area contributed by atoms with E-state index in [9.17, 15) is 9.18 Å². The van der Waals surface area contributed by atoms with E-state index in [1.165, 1.54) is 12.1 Å². The van der Waals surface area contributed by atoms with Crippen LogP contribution < -0.4 is 5.32 Å². The number of aryl methyl sites for hydroxylation is 1. The molecule has 19 heavy (non-hydrogen) atoms. The Morgan fingerprint density at radius 3 is 2.79 bits per heavy atom. The number of nitrogens with zero attached hydrogens (tertiary/aromatic N) is 2. The van der Waals surface area contributed by atoms with E-state index in [1.54, 1.807) is 30.7 Å². The Morgan fingerprint density at radius 1 is 1.42 bits per heavy atom. The van der Waals surface area contributed by atoms with Gasteiger partial charge >= 0.3 is 0 Å². The molecule has 4 nitrogen and oxygen atoms in total. The first-order valence-corrected chi connectivity index (χ1v) is 6.15. The lowest BCUT2D eigenvalue weighted by Gasteiger charge is -2.05. The van der Waals surface area contributed by atoms with Crippen molar-refractivity contribution in [3.05, 3.63) is 47.0 Å². The fourth-order valence-corrected chi connectivity index (χ4v) is 2.08. The predicted octanol–water partition coefficient (Wildman–Crippen LogP) is 2.38. The van der Waals surface area contributed by atoms with E-state index >= 15 is 0 Å². The maximum atomic E-state index is 13.3. The number of carbonyl (C=O) groups excluding carboxylic acids is 1. The number of nitrogens with one attached hydrogen (secondary N) is 1. The van der Waals surface area contributed by atoms with Crippen LogP contribution in [0.5, 0.6) is 0 Å². The van der Waals surface area contributed by atoms with Gasteiger partial charge in [-0.25, -0.2) is 9.07 Å². The van der Waals surface area contributed by atoms with Gasteiger partial charge in [0, 0.05) is 6.54 Å². The molecular weight excluding hydrogens is 245 g/mol. The quantitative estimate of drug-likeness (QED) is 0.922. The first-order valence-electron chi connectivity index (χ1n) is 6.15. The summed E-state index contributed by atoms with van der Waals surface area (Å²) in [6, 6.07) is 6.14. The predicted molar refractivity (Wildman–Crippen MR) is 71.0 cm³/mol. The summed E-state index contributed by atoms with van der Waals surface area (Å²) in [5, 5.41) is 7.07. The molecule has 0 aliphatic carbocycles. The van der Waals surface area contributed by atoms with Crippen LogP contribution in [0.25, 0.3) is 5.69 Å². The van der Waals surface area contributed by atoms with Gasteiger partial charge in [0.15, 0.2) is 0 Å². The van der Waals surface area contributed by atoms with Crippen molar-refractivity contribution >= 4 is 5.91 Å². The number of carbonyl (C=O) groups is 1. The van der Waals surface area contributed by atoms with Gasteiger partial charge in [-0.2, -0.15) is 5.10 Å². The Morgan fingerprint density at radius 2 is 2.16 bits per heavy atom. The van der Waals surface area contributed by atoms with Crippen LogP contribution in [0.2, 0.25) is 0 Å². The normalized spacial score (nSPS) is 10.5. The second kappa shape index (κ2) is 5.22. The highest BCUT2D eigenvalue weighted by Gasteiger charge is 2.18. The molecule has 1 aromatic carbocycles. The number of halogens is 1. The smallest absolute Gasteiger partial charge is 0.255 e. The van der Waals surface area contributed by atoms with Crippen LogP contribution in [0.15, 0.2) is 24.3 Å². The molecule has 0 unspecified atom stereocenters. The molecule has 1 heterocycles. The molecule has 100 valence electrons. The minimum absolute atomic E-state index is 0.153. The van der Waals surface area contributed by atoms with Crippen LogP contribution in [0.4, 0.5) is 4.39 Å². The molecule has 1 N–H and O–H groups in total. The van der Waals surface area contributed by atoms with E-state index in [0.29, 0.717) is 29.2 Å². The van der Waals surface area contributed by atoms with Crippen molar-refractivity contribution in [2.45, 2.75) is 20.8 Å². The van der Waals surface area contributed by atoms with Gasteiger partial charge < -0.3 is 5.32 Å². The maximum Gasteiger partial charge on any atom is 0.255 e. The third-order valence-electron chi connectivity index (χ3n) is 2.91. The Hall–Kier alpha value is -2.17. The first-order chi connectivity index (χ1) is 9.04. The second-order valence-electron chi connectivity index (χ2n) is 4.30. The van der Waals surface area contributed by atoms with Crippen molar-refractivity contribution in [1.82, 2.24) is 15.1 Å². The van der Waals surface area contributed by atoms with Gasteiger partial charge in [0.1, 0.15) is 5.82 Å². The van der Waals surface area contributed by atoms with Crippen molar-refractivity contribution in [2.75, 3.05) is 6.54 Å². The average Bonchev–Trinajstić information content (AvgIpc) is 2.65. The summed E-state index contributed by atoms with van der Waals surface area (Å²) in [7, 11) is 0. The van der Waals surface area contributed by atoms with Crippen molar-refractivity contribution < 1.29 is 9.18 Å². The Kier molecular flexibility index (Phi) is 3.64. The largest absolute Gasteiger partial charge is 0.352 e. The molecule has 0 aliphatic heterocycles. The molecule has 0 saturated carbocycles. The molecule has 2 rings (SSSR count). The fourth-order valence-electron chi connectivity index (χ4n) is 2.08. The van der Waals surface area contributed by atoms with E-state index in [4.69, 9.17) is 0 Å². The van der Waals surface area contributed by atoms with Crippen LogP contribution in [-0.2, 0) is 0 Å². The van der Waals surface area contributed by atoms with Gasteiger partial charge in [-0.3, -0.25) is 4.79 Å². The van der Waals surface area contributed by atoms with Gasteiger partial charge in [0.25, 0.3) is 5.91 Å². The number of rotatable bonds is 3. The Balaban J connectivity index is 2.50. The summed E-state index contributed by atoms with van der Waals surface area (Å²) in [6.07, 6.45) is 0. The van der Waals surface area contributed by atoms with Gasteiger partial charge in [0.05, 0.1) is 22.6 Å². The van der Waals surface area contributed by atoms with E-state index in [-0.39, 0.29) is 11.7 Å². The third kappa shape index (κ3) is 2.50. The van der Waals surface area contributed by atoms with Gasteiger partial charge in [-0.15, -0.1) is 0 Å². The topological polar surface area (TPSA) is 46.9 Å². The summed E-state index contributed by atoms with van der Waals surface area (Å²) < 4.78 is 14.8. The van der Waals surface area contributed by atoms with Crippen LogP contribution in [0.1, 0.15) is 28.7 Å². The lowest BCUT2D eigenvalue weighted by molar-refractivity contribution is 0.0954. The lowest BCUT2D eigenvalue weighted by atomic mass is 10.2. The molecule has 0 radical (unpaired) electrons. The Labute approximate surface area is 111 Å². The van der Waals surface area contributed by atoms with Crippen LogP contribution in [0, 0.1) is 19.7 Å². The summed E-state index contributed by atoms with van der Waals surface area (Å²) in [5.41, 5.74) is 2.49. The summed E-state index contributed by atoms with van der Waals surface area (Å²) in [4.78, 5) is 12.0. The summed E-state index contributed by atoms with van der Waals surface area (Å²) in [6.45, 7) is 5.99. The zero-order chi connectivity index (χ0) is 14.0. The van der Waals surface area contributed by atoms with Gasteiger partial charge in [-0.1, -0.05) is 6.07 Å². The molecule has 1 amide bonds. The Bertz CT molecular complexity index is 619. The zero-order valence-electron chi connectivity index (χ0n) is 11.2. The van der Waals surface area contributed by atoms with Crippen LogP contribution >= 0.6 is 0 Å². The van der Waals surface area contributed by atoms with E-state index in [1.807, 2.05) is 6.92 Å². The standard InChI is InChI=1S/C14H16FN3O/c1-4-16-14(19)13-9(2)17-18(10(13)3)12-7-5-6-11(15)8-12/h5-8H,4H2,1-3H3,(H,16,19). The first kappa shape index (κ1) is 13.3. The highest BCUT2D eigenvalue weighted by Crippen LogP contribution is 2.18. The van der Waals surface area contributed by atoms with Crippen LogP contribution in [0.3, 0.4) is 0 Å². The van der Waals surface area contributed by atoms with E-state index < -0.39 is 0 Å². The third-order valence-corrected chi connectivity index (χ3v) is 2.91. The van der Waals surface area contributed by atoms with Crippen molar-refractivity contribution in [3.63, 3.8) is 0 Å². The number of hydrogen-bond donors (Lipinski definition) is 1. The molecule has 0 saturated heterocycles. The molecule has 0 spiro atoms. The summed E-state index contributed by atoms with van der Waals surface area (Å²) in [5.74, 6) is -0.482. The molecule has 0 bridgehead atoms. The molecular formula is C14H16FN3O. The van der Waals surface area contributed by atoms with E-state index in [2.05, 4.69) is 10.4 Å². The molecule has 5 heteroatoms. The van der Waals surface area contributed by atoms with Crippen molar-refractivity contribution in [1.29, 1.82) is 0 Å². The molecule has 0 fully saturated rings. The zero-order valence-corrected chi connectivity index (χ0v) is 11.2. The van der Waals surface area contributed by atoms with Crippen molar-refractivity contribution in [3.8, 4) is 5.69 Å². The lowest BCUT2D eigenvalue weighted by Crippen LogP contribution is -2.23. The molecule has 0 atom stereocenters. The average molecular weight is 261 g/mol. The monoisotopic (exact) mass is 261 g/mol.